The van der Waals surface area contributed by atoms with E-state index in [-0.39, 0.29) is 24.1 Å². The van der Waals surface area contributed by atoms with Crippen LogP contribution in [0.15, 0.2) is 53.4 Å². The maximum absolute atomic E-state index is 12.2. The van der Waals surface area contributed by atoms with E-state index in [1.807, 2.05) is 62.4 Å². The van der Waals surface area contributed by atoms with Crippen LogP contribution in [0.1, 0.15) is 12.5 Å². The molecule has 0 unspecified atom stereocenters. The lowest BCUT2D eigenvalue weighted by Gasteiger charge is -2.16. The Morgan fingerprint density at radius 3 is 2.35 bits per heavy atom. The molecule has 0 saturated heterocycles. The van der Waals surface area contributed by atoms with Crippen LogP contribution in [-0.2, 0) is 9.59 Å². The van der Waals surface area contributed by atoms with Crippen LogP contribution in [0.25, 0.3) is 0 Å². The van der Waals surface area contributed by atoms with E-state index in [0.29, 0.717) is 6.61 Å². The van der Waals surface area contributed by atoms with Crippen LogP contribution in [0.4, 0.5) is 5.69 Å². The van der Waals surface area contributed by atoms with Gasteiger partial charge in [0, 0.05) is 17.6 Å². The molecule has 0 aromatic heterocycles. The lowest BCUT2D eigenvalue weighted by molar-refractivity contribution is -0.131. The SMILES string of the molecule is CCOc1ccc(SCC(=O)N(C)CC(=O)Nc2ccc(C)cc2)cc1. The summed E-state index contributed by atoms with van der Waals surface area (Å²) in [7, 11) is 1.63. The van der Waals surface area contributed by atoms with E-state index in [2.05, 4.69) is 5.32 Å². The molecule has 0 bridgehead atoms. The first-order valence-corrected chi connectivity index (χ1v) is 9.42. The predicted molar refractivity (Wildman–Crippen MR) is 106 cm³/mol. The molecule has 0 atom stereocenters. The van der Waals surface area contributed by atoms with Crippen LogP contribution in [0.3, 0.4) is 0 Å². The molecule has 2 rings (SSSR count). The first-order chi connectivity index (χ1) is 12.5. The van der Waals surface area contributed by atoms with Gasteiger partial charge in [-0.25, -0.2) is 0 Å². The highest BCUT2D eigenvalue weighted by molar-refractivity contribution is 8.00. The van der Waals surface area contributed by atoms with Crippen LogP contribution in [0, 0.1) is 6.92 Å². The monoisotopic (exact) mass is 372 g/mol. The molecule has 0 spiro atoms. The number of carbonyl (C=O) groups is 2. The van der Waals surface area contributed by atoms with E-state index >= 15 is 0 Å². The molecular weight excluding hydrogens is 348 g/mol. The van der Waals surface area contributed by atoms with Crippen molar-refractivity contribution < 1.29 is 14.3 Å². The van der Waals surface area contributed by atoms with Gasteiger partial charge < -0.3 is 15.0 Å². The molecule has 1 N–H and O–H groups in total. The van der Waals surface area contributed by atoms with Gasteiger partial charge in [-0.3, -0.25) is 9.59 Å². The third kappa shape index (κ3) is 6.44. The van der Waals surface area contributed by atoms with Crippen LogP contribution in [-0.4, -0.2) is 42.7 Å². The van der Waals surface area contributed by atoms with E-state index in [1.165, 1.54) is 16.7 Å². The van der Waals surface area contributed by atoms with Gasteiger partial charge >= 0.3 is 0 Å². The van der Waals surface area contributed by atoms with Crippen molar-refractivity contribution in [3.63, 3.8) is 0 Å². The smallest absolute Gasteiger partial charge is 0.243 e. The fourth-order valence-electron chi connectivity index (χ4n) is 2.20. The Hall–Kier alpha value is -2.47. The molecular formula is C20H24N2O3S. The van der Waals surface area contributed by atoms with Crippen molar-refractivity contribution in [2.24, 2.45) is 0 Å². The van der Waals surface area contributed by atoms with Gasteiger partial charge in [-0.05, 0) is 50.2 Å². The molecule has 0 heterocycles. The fraction of sp³-hybridized carbons (Fsp3) is 0.300. The van der Waals surface area contributed by atoms with E-state index < -0.39 is 0 Å². The number of rotatable bonds is 8. The molecule has 2 aromatic carbocycles. The number of likely N-dealkylation sites (N-methyl/N-ethyl adjacent to an activating group) is 1. The minimum absolute atomic E-state index is 0.0244. The average Bonchev–Trinajstić information content (AvgIpc) is 2.63. The third-order valence-electron chi connectivity index (χ3n) is 3.64. The molecule has 2 aromatic rings. The normalized spacial score (nSPS) is 10.3. The lowest BCUT2D eigenvalue weighted by Crippen LogP contribution is -2.35. The summed E-state index contributed by atoms with van der Waals surface area (Å²) in [4.78, 5) is 26.7. The summed E-state index contributed by atoms with van der Waals surface area (Å²) in [5.41, 5.74) is 1.85. The van der Waals surface area contributed by atoms with Crippen molar-refractivity contribution in [3.8, 4) is 5.75 Å². The van der Waals surface area contributed by atoms with Gasteiger partial charge in [-0.2, -0.15) is 0 Å². The molecule has 138 valence electrons. The minimum atomic E-state index is -0.212. The predicted octanol–water partition coefficient (Wildman–Crippen LogP) is 3.58. The zero-order valence-electron chi connectivity index (χ0n) is 15.3. The van der Waals surface area contributed by atoms with Gasteiger partial charge in [0.2, 0.25) is 11.8 Å². The Labute approximate surface area is 158 Å². The van der Waals surface area contributed by atoms with E-state index in [1.54, 1.807) is 7.05 Å². The minimum Gasteiger partial charge on any atom is -0.494 e. The number of anilines is 1. The van der Waals surface area contributed by atoms with Crippen LogP contribution >= 0.6 is 11.8 Å². The van der Waals surface area contributed by atoms with Crippen LogP contribution < -0.4 is 10.1 Å². The number of nitrogens with zero attached hydrogens (tertiary/aromatic N) is 1. The molecule has 6 heteroatoms. The summed E-state index contributed by atoms with van der Waals surface area (Å²) >= 11 is 1.44. The van der Waals surface area contributed by atoms with Gasteiger partial charge in [0.1, 0.15) is 5.75 Å². The maximum atomic E-state index is 12.2. The summed E-state index contributed by atoms with van der Waals surface area (Å²) in [5.74, 6) is 0.786. The topological polar surface area (TPSA) is 58.6 Å². The molecule has 0 aliphatic rings. The highest BCUT2D eigenvalue weighted by atomic mass is 32.2. The van der Waals surface area contributed by atoms with Crippen molar-refractivity contribution in [2.45, 2.75) is 18.7 Å². The van der Waals surface area contributed by atoms with Crippen molar-refractivity contribution in [1.29, 1.82) is 0 Å². The summed E-state index contributed by atoms with van der Waals surface area (Å²) in [6.07, 6.45) is 0. The van der Waals surface area contributed by atoms with Gasteiger partial charge in [0.05, 0.1) is 18.9 Å². The number of hydrogen-bond acceptors (Lipinski definition) is 4. The van der Waals surface area contributed by atoms with Gasteiger partial charge in [-0.1, -0.05) is 17.7 Å². The Morgan fingerprint density at radius 2 is 1.73 bits per heavy atom. The van der Waals surface area contributed by atoms with E-state index in [9.17, 15) is 9.59 Å². The van der Waals surface area contributed by atoms with E-state index in [0.717, 1.165) is 21.9 Å². The van der Waals surface area contributed by atoms with Crippen molar-refractivity contribution in [2.75, 3.05) is 31.3 Å². The number of carbonyl (C=O) groups excluding carboxylic acids is 2. The highest BCUT2D eigenvalue weighted by Crippen LogP contribution is 2.21. The Balaban J connectivity index is 1.77. The van der Waals surface area contributed by atoms with Crippen molar-refractivity contribution in [1.82, 2.24) is 4.90 Å². The quantitative estimate of drug-likeness (QED) is 0.720. The second kappa shape index (κ2) is 9.87. The summed E-state index contributed by atoms with van der Waals surface area (Å²) in [6, 6.07) is 15.2. The lowest BCUT2D eigenvalue weighted by atomic mass is 10.2. The Bertz CT molecular complexity index is 730. The van der Waals surface area contributed by atoms with Gasteiger partial charge in [0.25, 0.3) is 0 Å². The first-order valence-electron chi connectivity index (χ1n) is 8.44. The number of ether oxygens (including phenoxy) is 1. The number of hydrogen-bond donors (Lipinski definition) is 1. The largest absolute Gasteiger partial charge is 0.494 e. The number of amides is 2. The fourth-order valence-corrected chi connectivity index (χ4v) is 3.03. The second-order valence-electron chi connectivity index (χ2n) is 5.86. The third-order valence-corrected chi connectivity index (χ3v) is 4.64. The molecule has 5 nitrogen and oxygen atoms in total. The molecule has 2 amide bonds. The Morgan fingerprint density at radius 1 is 1.08 bits per heavy atom. The zero-order valence-corrected chi connectivity index (χ0v) is 16.1. The molecule has 0 fully saturated rings. The highest BCUT2D eigenvalue weighted by Gasteiger charge is 2.13. The number of thioether (sulfide) groups is 1. The molecule has 0 aliphatic heterocycles. The maximum Gasteiger partial charge on any atom is 0.243 e. The van der Waals surface area contributed by atoms with Crippen molar-refractivity contribution >= 4 is 29.3 Å². The summed E-state index contributed by atoms with van der Waals surface area (Å²) < 4.78 is 5.39. The van der Waals surface area contributed by atoms with Gasteiger partial charge in [-0.15, -0.1) is 11.8 Å². The number of nitrogens with one attached hydrogen (secondary N) is 1. The first kappa shape index (κ1) is 19.8. The molecule has 0 radical (unpaired) electrons. The van der Waals surface area contributed by atoms with Gasteiger partial charge in [0.15, 0.2) is 0 Å². The molecule has 0 aliphatic carbocycles. The summed E-state index contributed by atoms with van der Waals surface area (Å²) in [6.45, 7) is 4.57. The molecule has 0 saturated carbocycles. The molecule has 26 heavy (non-hydrogen) atoms. The van der Waals surface area contributed by atoms with E-state index in [4.69, 9.17) is 4.74 Å². The van der Waals surface area contributed by atoms with Crippen LogP contribution in [0.2, 0.25) is 0 Å². The standard InChI is InChI=1S/C20H24N2O3S/c1-4-25-17-9-11-18(12-10-17)26-14-20(24)22(3)13-19(23)21-16-7-5-15(2)6-8-16/h5-12H,4,13-14H2,1-3H3,(H,21,23). The van der Waals surface area contributed by atoms with Crippen molar-refractivity contribution in [3.05, 3.63) is 54.1 Å². The van der Waals surface area contributed by atoms with Crippen LogP contribution in [0.5, 0.6) is 5.75 Å². The average molecular weight is 372 g/mol. The zero-order chi connectivity index (χ0) is 18.9. The second-order valence-corrected chi connectivity index (χ2v) is 6.91. The number of aryl methyl sites for hydroxylation is 1. The summed E-state index contributed by atoms with van der Waals surface area (Å²) in [5, 5.41) is 2.79. The number of benzene rings is 2. The Kier molecular flexibility index (Phi) is 7.53.